The van der Waals surface area contributed by atoms with E-state index >= 15 is 0 Å². The monoisotopic (exact) mass is 407 g/mol. The lowest BCUT2D eigenvalue weighted by atomic mass is 10.2. The zero-order valence-electron chi connectivity index (χ0n) is 15.6. The maximum Gasteiger partial charge on any atom is 0.412 e. The number of carboxylic acid groups (broad SMARTS) is 1. The normalized spacial score (nSPS) is 12.1. The van der Waals surface area contributed by atoms with Gasteiger partial charge in [-0.15, -0.1) is 11.3 Å². The molecule has 1 heterocycles. The summed E-state index contributed by atoms with van der Waals surface area (Å²) >= 11 is 1.19. The number of hydrogen-bond donors (Lipinski definition) is 4. The molecule has 1 atom stereocenters. The third-order valence-corrected chi connectivity index (χ3v) is 4.17. The third kappa shape index (κ3) is 6.03. The molecule has 0 saturated carbocycles. The number of amides is 2. The highest BCUT2D eigenvalue weighted by molar-refractivity contribution is 7.13. The van der Waals surface area contributed by atoms with E-state index in [1.54, 1.807) is 45.0 Å². The molecule has 0 aliphatic rings. The van der Waals surface area contributed by atoms with Crippen molar-refractivity contribution in [3.05, 3.63) is 35.3 Å². The first-order valence-electron chi connectivity index (χ1n) is 8.29. The van der Waals surface area contributed by atoms with Gasteiger partial charge in [0.25, 0.3) is 5.91 Å². The summed E-state index contributed by atoms with van der Waals surface area (Å²) in [6.45, 7) is 4.56. The fraction of sp³-hybridized carbons (Fsp3) is 0.333. The number of carbonyl (C=O) groups excluding carboxylic acids is 2. The Morgan fingerprint density at radius 2 is 2.00 bits per heavy atom. The van der Waals surface area contributed by atoms with Gasteiger partial charge in [0.2, 0.25) is 0 Å². The van der Waals surface area contributed by atoms with Crippen LogP contribution in [0.25, 0.3) is 10.6 Å². The molecule has 0 fully saturated rings. The van der Waals surface area contributed by atoms with Gasteiger partial charge in [-0.3, -0.25) is 10.1 Å². The van der Waals surface area contributed by atoms with Crippen LogP contribution in [0.4, 0.5) is 10.5 Å². The highest BCUT2D eigenvalue weighted by Gasteiger charge is 2.21. The Kier molecular flexibility index (Phi) is 6.71. The molecule has 0 radical (unpaired) electrons. The molecule has 150 valence electrons. The first-order valence-corrected chi connectivity index (χ1v) is 9.17. The van der Waals surface area contributed by atoms with Crippen molar-refractivity contribution < 1.29 is 29.3 Å². The van der Waals surface area contributed by atoms with E-state index in [2.05, 4.69) is 15.6 Å². The summed E-state index contributed by atoms with van der Waals surface area (Å²) in [6, 6.07) is 5.44. The lowest BCUT2D eigenvalue weighted by Gasteiger charge is -2.19. The maximum atomic E-state index is 12.1. The molecule has 2 amide bonds. The van der Waals surface area contributed by atoms with E-state index in [9.17, 15) is 14.4 Å². The van der Waals surface area contributed by atoms with E-state index in [1.807, 2.05) is 0 Å². The second-order valence-electron chi connectivity index (χ2n) is 6.79. The minimum atomic E-state index is -1.40. The van der Waals surface area contributed by atoms with E-state index in [0.29, 0.717) is 16.3 Å². The summed E-state index contributed by atoms with van der Waals surface area (Å²) in [5.41, 5.74) is 0.570. The number of rotatable bonds is 6. The van der Waals surface area contributed by atoms with Crippen LogP contribution in [-0.2, 0) is 9.53 Å². The van der Waals surface area contributed by atoms with Crippen molar-refractivity contribution in [3.63, 3.8) is 0 Å². The van der Waals surface area contributed by atoms with Crippen LogP contribution in [0.15, 0.2) is 29.6 Å². The van der Waals surface area contributed by atoms with E-state index < -0.39 is 36.2 Å². The number of carbonyl (C=O) groups is 3. The van der Waals surface area contributed by atoms with E-state index in [0.717, 1.165) is 0 Å². The Morgan fingerprint density at radius 1 is 1.29 bits per heavy atom. The molecule has 0 saturated heterocycles. The van der Waals surface area contributed by atoms with Crippen LogP contribution in [0.3, 0.4) is 0 Å². The summed E-state index contributed by atoms with van der Waals surface area (Å²) in [5.74, 6) is -2.04. The van der Waals surface area contributed by atoms with Crippen molar-refractivity contribution >= 4 is 35.0 Å². The number of nitrogens with one attached hydrogen (secondary N) is 2. The third-order valence-electron chi connectivity index (χ3n) is 3.28. The molecule has 1 aromatic carbocycles. The Balaban J connectivity index is 2.12. The summed E-state index contributed by atoms with van der Waals surface area (Å²) in [7, 11) is 0. The fourth-order valence-corrected chi connectivity index (χ4v) is 2.88. The molecule has 0 aliphatic heterocycles. The molecule has 0 spiro atoms. The summed E-state index contributed by atoms with van der Waals surface area (Å²) in [5, 5.41) is 24.7. The molecule has 1 aromatic heterocycles. The van der Waals surface area contributed by atoms with Gasteiger partial charge in [0, 0.05) is 16.6 Å². The smallest absolute Gasteiger partial charge is 0.412 e. The fourth-order valence-electron chi connectivity index (χ4n) is 2.08. The van der Waals surface area contributed by atoms with Gasteiger partial charge in [-0.2, -0.15) is 0 Å². The van der Waals surface area contributed by atoms with Gasteiger partial charge in [-0.1, -0.05) is 12.1 Å². The first kappa shape index (κ1) is 21.3. The predicted octanol–water partition coefficient (Wildman–Crippen LogP) is 2.33. The number of aliphatic hydroxyl groups excluding tert-OH is 1. The number of nitrogens with zero attached hydrogens (tertiary/aromatic N) is 1. The molecule has 4 N–H and O–H groups in total. The van der Waals surface area contributed by atoms with Crippen molar-refractivity contribution in [2.24, 2.45) is 0 Å². The Hall–Kier alpha value is -2.98. The van der Waals surface area contributed by atoms with Crippen molar-refractivity contribution in [2.75, 3.05) is 11.9 Å². The minimum absolute atomic E-state index is 0.0326. The molecule has 0 bridgehead atoms. The summed E-state index contributed by atoms with van der Waals surface area (Å²) < 4.78 is 5.21. The second kappa shape index (κ2) is 8.81. The largest absolute Gasteiger partial charge is 0.480 e. The lowest BCUT2D eigenvalue weighted by Crippen LogP contribution is -2.43. The topological polar surface area (TPSA) is 138 Å². The summed E-state index contributed by atoms with van der Waals surface area (Å²) in [4.78, 5) is 39.1. The van der Waals surface area contributed by atoms with Gasteiger partial charge in [-0.05, 0) is 32.9 Å². The summed E-state index contributed by atoms with van der Waals surface area (Å²) in [6.07, 6.45) is -0.590. The Morgan fingerprint density at radius 3 is 2.61 bits per heavy atom. The molecule has 28 heavy (non-hydrogen) atoms. The zero-order chi connectivity index (χ0) is 20.9. The SMILES string of the molecule is CC(C)(C)OC(=O)Nc1cccc(-c2nc(C(=O)NC(CO)C(=O)O)cs2)c1. The predicted molar refractivity (Wildman–Crippen MR) is 103 cm³/mol. The Bertz CT molecular complexity index is 874. The average molecular weight is 407 g/mol. The van der Waals surface area contributed by atoms with Crippen LogP contribution in [0.2, 0.25) is 0 Å². The number of benzene rings is 1. The molecular formula is C18H21N3O6S. The maximum absolute atomic E-state index is 12.1. The molecular weight excluding hydrogens is 386 g/mol. The number of aliphatic carboxylic acids is 1. The van der Waals surface area contributed by atoms with Gasteiger partial charge in [0.05, 0.1) is 6.61 Å². The van der Waals surface area contributed by atoms with Crippen molar-refractivity contribution in [3.8, 4) is 10.6 Å². The molecule has 2 rings (SSSR count). The number of hydrogen-bond acceptors (Lipinski definition) is 7. The van der Waals surface area contributed by atoms with Crippen LogP contribution in [0.5, 0.6) is 0 Å². The number of anilines is 1. The molecule has 2 aromatic rings. The van der Waals surface area contributed by atoms with Gasteiger partial charge in [0.1, 0.15) is 16.3 Å². The van der Waals surface area contributed by atoms with E-state index in [-0.39, 0.29) is 5.69 Å². The zero-order valence-corrected chi connectivity index (χ0v) is 16.4. The van der Waals surface area contributed by atoms with Gasteiger partial charge >= 0.3 is 12.1 Å². The first-order chi connectivity index (χ1) is 13.1. The lowest BCUT2D eigenvalue weighted by molar-refractivity contribution is -0.140. The highest BCUT2D eigenvalue weighted by atomic mass is 32.1. The van der Waals surface area contributed by atoms with Crippen molar-refractivity contribution in [1.82, 2.24) is 10.3 Å². The molecule has 10 heteroatoms. The van der Waals surface area contributed by atoms with E-state index in [1.165, 1.54) is 16.7 Å². The number of aromatic nitrogens is 1. The van der Waals surface area contributed by atoms with Crippen LogP contribution in [-0.4, -0.2) is 51.4 Å². The number of aliphatic hydroxyl groups is 1. The quantitative estimate of drug-likeness (QED) is 0.576. The molecule has 0 aliphatic carbocycles. The number of ether oxygens (including phenoxy) is 1. The van der Waals surface area contributed by atoms with Crippen molar-refractivity contribution in [1.29, 1.82) is 0 Å². The van der Waals surface area contributed by atoms with Crippen LogP contribution in [0, 0.1) is 0 Å². The molecule has 1 unspecified atom stereocenters. The standard InChI is InChI=1S/C18H21N3O6S/c1-18(2,3)27-17(26)19-11-6-4-5-10(7-11)15-21-13(9-28-15)14(23)20-12(8-22)16(24)25/h4-7,9,12,22H,8H2,1-3H3,(H,19,26)(H,20,23)(H,24,25). The number of carboxylic acids is 1. The minimum Gasteiger partial charge on any atom is -0.480 e. The van der Waals surface area contributed by atoms with Crippen LogP contribution < -0.4 is 10.6 Å². The van der Waals surface area contributed by atoms with Gasteiger partial charge in [0.15, 0.2) is 6.04 Å². The van der Waals surface area contributed by atoms with Crippen LogP contribution in [0.1, 0.15) is 31.3 Å². The number of thiazole rings is 1. The van der Waals surface area contributed by atoms with Gasteiger partial charge in [-0.25, -0.2) is 14.6 Å². The van der Waals surface area contributed by atoms with Crippen LogP contribution >= 0.6 is 11.3 Å². The van der Waals surface area contributed by atoms with Crippen molar-refractivity contribution in [2.45, 2.75) is 32.4 Å². The highest BCUT2D eigenvalue weighted by Crippen LogP contribution is 2.26. The average Bonchev–Trinajstić information content (AvgIpc) is 3.08. The molecule has 9 nitrogen and oxygen atoms in total. The second-order valence-corrected chi connectivity index (χ2v) is 7.65. The Labute approximate surface area is 165 Å². The van der Waals surface area contributed by atoms with Gasteiger partial charge < -0.3 is 20.3 Å². The van der Waals surface area contributed by atoms with E-state index in [4.69, 9.17) is 14.9 Å².